The van der Waals surface area contributed by atoms with Crippen molar-refractivity contribution >= 4 is 34.8 Å². The van der Waals surface area contributed by atoms with E-state index in [9.17, 15) is 14.0 Å². The van der Waals surface area contributed by atoms with Crippen molar-refractivity contribution in [2.45, 2.75) is 52.1 Å². The molecule has 182 valence electrons. The largest absolute Gasteiger partial charge is 0.352 e. The Morgan fingerprint density at radius 3 is 2.35 bits per heavy atom. The first-order valence-corrected chi connectivity index (χ1v) is 12.2. The topological polar surface area (TPSA) is 73.5 Å². The van der Waals surface area contributed by atoms with Gasteiger partial charge in [0.05, 0.1) is 0 Å². The number of aryl methyl sites for hydroxylation is 1. The molecule has 1 fully saturated rings. The highest BCUT2D eigenvalue weighted by Crippen LogP contribution is 2.23. The monoisotopic (exact) mass is 484 g/mol. The van der Waals surface area contributed by atoms with E-state index in [2.05, 4.69) is 16.0 Å². The number of piperidine rings is 1. The van der Waals surface area contributed by atoms with Crippen LogP contribution in [0.1, 0.15) is 49.0 Å². The van der Waals surface area contributed by atoms with Crippen molar-refractivity contribution in [3.8, 4) is 0 Å². The summed E-state index contributed by atoms with van der Waals surface area (Å²) in [5, 5.41) is 9.75. The number of rotatable bonds is 7. The fraction of sp³-hybridized carbons (Fsp3) is 0.423. The maximum Gasteiger partial charge on any atom is 0.252 e. The minimum absolute atomic E-state index is 0.0121. The summed E-state index contributed by atoms with van der Waals surface area (Å²) in [4.78, 5) is 28.2. The number of thiocarbonyl (C=S) groups is 1. The van der Waals surface area contributed by atoms with Gasteiger partial charge >= 0.3 is 0 Å². The van der Waals surface area contributed by atoms with Gasteiger partial charge in [-0.25, -0.2) is 4.39 Å². The maximum atomic E-state index is 13.2. The van der Waals surface area contributed by atoms with Crippen LogP contribution >= 0.6 is 12.2 Å². The van der Waals surface area contributed by atoms with E-state index in [0.717, 1.165) is 17.7 Å². The van der Waals surface area contributed by atoms with E-state index in [0.29, 0.717) is 36.6 Å². The predicted molar refractivity (Wildman–Crippen MR) is 137 cm³/mol. The fourth-order valence-corrected chi connectivity index (χ4v) is 4.35. The highest BCUT2D eigenvalue weighted by Gasteiger charge is 2.34. The summed E-state index contributed by atoms with van der Waals surface area (Å²) in [5.74, 6) is -0.700. The number of carbonyl (C=O) groups excluding carboxylic acids is 2. The van der Waals surface area contributed by atoms with Gasteiger partial charge < -0.3 is 20.9 Å². The van der Waals surface area contributed by atoms with Gasteiger partial charge in [0.2, 0.25) is 5.91 Å². The smallest absolute Gasteiger partial charge is 0.252 e. The molecule has 6 nitrogen and oxygen atoms in total. The second kappa shape index (κ2) is 11.9. The summed E-state index contributed by atoms with van der Waals surface area (Å²) in [5.41, 5.74) is 2.17. The third-order valence-electron chi connectivity index (χ3n) is 6.35. The van der Waals surface area contributed by atoms with Gasteiger partial charge in [0.1, 0.15) is 11.9 Å². The van der Waals surface area contributed by atoms with Gasteiger partial charge in [-0.05, 0) is 87.1 Å². The molecule has 1 saturated heterocycles. The van der Waals surface area contributed by atoms with Crippen LogP contribution in [0.15, 0.2) is 48.5 Å². The van der Waals surface area contributed by atoms with E-state index in [1.165, 1.54) is 12.1 Å². The second-order valence-electron chi connectivity index (χ2n) is 8.85. The Morgan fingerprint density at radius 1 is 1.09 bits per heavy atom. The van der Waals surface area contributed by atoms with E-state index >= 15 is 0 Å². The summed E-state index contributed by atoms with van der Waals surface area (Å²) in [6.45, 7) is 7.17. The highest BCUT2D eigenvalue weighted by atomic mass is 32.1. The van der Waals surface area contributed by atoms with E-state index < -0.39 is 6.04 Å². The van der Waals surface area contributed by atoms with Gasteiger partial charge in [0, 0.05) is 30.4 Å². The van der Waals surface area contributed by atoms with Gasteiger partial charge in [-0.15, -0.1) is 0 Å². The van der Waals surface area contributed by atoms with Crippen LogP contribution in [0.3, 0.4) is 0 Å². The zero-order valence-corrected chi connectivity index (χ0v) is 20.8. The molecular formula is C26H33FN4O2S. The van der Waals surface area contributed by atoms with Crippen LogP contribution < -0.4 is 16.0 Å². The third kappa shape index (κ3) is 6.76. The van der Waals surface area contributed by atoms with Crippen LogP contribution in [0.25, 0.3) is 0 Å². The summed E-state index contributed by atoms with van der Waals surface area (Å²) in [6, 6.07) is 12.8. The van der Waals surface area contributed by atoms with Crippen LogP contribution in [-0.2, 0) is 4.79 Å². The summed E-state index contributed by atoms with van der Waals surface area (Å²) >= 11 is 5.54. The molecule has 3 rings (SSSR count). The number of nitrogens with one attached hydrogen (secondary N) is 3. The van der Waals surface area contributed by atoms with Gasteiger partial charge in [-0.3, -0.25) is 9.59 Å². The Labute approximate surface area is 206 Å². The van der Waals surface area contributed by atoms with Crippen LogP contribution in [0.5, 0.6) is 0 Å². The predicted octanol–water partition coefficient (Wildman–Crippen LogP) is 4.26. The molecule has 0 aliphatic carbocycles. The molecule has 8 heteroatoms. The summed E-state index contributed by atoms with van der Waals surface area (Å²) in [6.07, 6.45) is 2.22. The van der Waals surface area contributed by atoms with Crippen molar-refractivity contribution < 1.29 is 14.0 Å². The molecule has 1 aliphatic rings. The molecule has 1 heterocycles. The lowest BCUT2D eigenvalue weighted by Gasteiger charge is -2.37. The number of benzene rings is 2. The molecule has 2 atom stereocenters. The number of hydrogen-bond acceptors (Lipinski definition) is 3. The lowest BCUT2D eigenvalue weighted by molar-refractivity contribution is -0.125. The number of likely N-dealkylation sites (tertiary alicyclic amines) is 1. The van der Waals surface area contributed by atoms with Gasteiger partial charge in [-0.1, -0.05) is 25.1 Å². The Bertz CT molecular complexity index is 1010. The normalized spacial score (nSPS) is 15.8. The van der Waals surface area contributed by atoms with Crippen LogP contribution in [0.2, 0.25) is 0 Å². The van der Waals surface area contributed by atoms with Crippen LogP contribution in [0.4, 0.5) is 10.1 Å². The molecule has 34 heavy (non-hydrogen) atoms. The van der Waals surface area contributed by atoms with E-state index in [1.807, 2.05) is 43.9 Å². The van der Waals surface area contributed by atoms with E-state index in [1.54, 1.807) is 18.2 Å². The molecule has 0 unspecified atom stereocenters. The lowest BCUT2D eigenvalue weighted by atomic mass is 9.88. The molecule has 3 N–H and O–H groups in total. The zero-order chi connectivity index (χ0) is 24.7. The highest BCUT2D eigenvalue weighted by molar-refractivity contribution is 7.80. The Morgan fingerprint density at radius 2 is 1.74 bits per heavy atom. The second-order valence-corrected chi connectivity index (χ2v) is 9.23. The third-order valence-corrected chi connectivity index (χ3v) is 6.71. The summed E-state index contributed by atoms with van der Waals surface area (Å²) in [7, 11) is 0. The average molecular weight is 485 g/mol. The molecule has 0 spiro atoms. The molecule has 2 aromatic rings. The fourth-order valence-electron chi connectivity index (χ4n) is 4.05. The molecule has 0 radical (unpaired) electrons. The molecule has 0 saturated carbocycles. The number of hydrogen-bond donors (Lipinski definition) is 3. The van der Waals surface area contributed by atoms with Crippen molar-refractivity contribution in [3.63, 3.8) is 0 Å². The Kier molecular flexibility index (Phi) is 8.98. The van der Waals surface area contributed by atoms with Crippen molar-refractivity contribution in [1.82, 2.24) is 15.5 Å². The SMILES string of the molecule is CC[C@@H](C)NC(=O)[C@H](NC(=O)c1ccccc1C)C1CCN(C(=S)Nc2ccc(F)cc2)CC1. The van der Waals surface area contributed by atoms with Crippen LogP contribution in [0, 0.1) is 18.7 Å². The first kappa shape index (κ1) is 25.6. The number of anilines is 1. The van der Waals surface area contributed by atoms with Crippen molar-refractivity contribution in [1.29, 1.82) is 0 Å². The van der Waals surface area contributed by atoms with Crippen molar-refractivity contribution in [2.24, 2.45) is 5.92 Å². The van der Waals surface area contributed by atoms with Crippen molar-refractivity contribution in [3.05, 3.63) is 65.5 Å². The first-order valence-electron chi connectivity index (χ1n) is 11.8. The Hall–Kier alpha value is -3.00. The van der Waals surface area contributed by atoms with E-state index in [4.69, 9.17) is 12.2 Å². The molecule has 0 bridgehead atoms. The number of carbonyl (C=O) groups is 2. The standard InChI is InChI=1S/C26H33FN4O2S/c1-4-18(3)28-25(33)23(30-24(32)22-8-6-5-7-17(22)2)19-13-15-31(16-14-19)26(34)29-21-11-9-20(27)10-12-21/h5-12,18-19,23H,4,13-16H2,1-3H3,(H,28,33)(H,29,34)(H,30,32)/t18-,23-/m1/s1. The van der Waals surface area contributed by atoms with Gasteiger partial charge in [0.25, 0.3) is 5.91 Å². The molecule has 2 aromatic carbocycles. The molecule has 2 amide bonds. The van der Waals surface area contributed by atoms with Crippen molar-refractivity contribution in [2.75, 3.05) is 18.4 Å². The lowest BCUT2D eigenvalue weighted by Crippen LogP contribution is -2.55. The average Bonchev–Trinajstić information content (AvgIpc) is 2.84. The Balaban J connectivity index is 1.66. The molecule has 0 aromatic heterocycles. The van der Waals surface area contributed by atoms with Gasteiger partial charge in [0.15, 0.2) is 5.11 Å². The maximum absolute atomic E-state index is 13.2. The van der Waals surface area contributed by atoms with Crippen LogP contribution in [-0.4, -0.2) is 47.0 Å². The molecule has 1 aliphatic heterocycles. The number of halogens is 1. The number of amides is 2. The zero-order valence-electron chi connectivity index (χ0n) is 19.9. The summed E-state index contributed by atoms with van der Waals surface area (Å²) < 4.78 is 13.2. The first-order chi connectivity index (χ1) is 16.3. The minimum Gasteiger partial charge on any atom is -0.352 e. The van der Waals surface area contributed by atoms with Gasteiger partial charge in [-0.2, -0.15) is 0 Å². The number of nitrogens with zero attached hydrogens (tertiary/aromatic N) is 1. The van der Waals surface area contributed by atoms with E-state index in [-0.39, 0.29) is 29.6 Å². The molecular weight excluding hydrogens is 451 g/mol. The quantitative estimate of drug-likeness (QED) is 0.513. The minimum atomic E-state index is -0.623.